The summed E-state index contributed by atoms with van der Waals surface area (Å²) in [5.74, 6) is 0. The minimum absolute atomic E-state index is 0.228. The maximum atomic E-state index is 11.1. The predicted octanol–water partition coefficient (Wildman–Crippen LogP) is 5.12. The molecular formula is C20H30O. The monoisotopic (exact) mass is 286 g/mol. The van der Waals surface area contributed by atoms with Gasteiger partial charge in [0.05, 0.1) is 0 Å². The first-order valence-electron chi connectivity index (χ1n) is 8.42. The lowest BCUT2D eigenvalue weighted by Crippen LogP contribution is -2.34. The van der Waals surface area contributed by atoms with Crippen LogP contribution in [0.15, 0.2) is 12.1 Å². The van der Waals surface area contributed by atoms with Crippen LogP contribution < -0.4 is 0 Å². The average Bonchev–Trinajstić information content (AvgIpc) is 2.42. The minimum atomic E-state index is 0.228. The zero-order valence-corrected chi connectivity index (χ0v) is 14.4. The fourth-order valence-corrected chi connectivity index (χ4v) is 3.58. The molecule has 1 heteroatoms. The number of carbonyl (C=O) groups excluding carboxylic acids is 1. The normalized spacial score (nSPS) is 19.1. The van der Waals surface area contributed by atoms with Crippen LogP contribution in [0.3, 0.4) is 0 Å². The summed E-state index contributed by atoms with van der Waals surface area (Å²) < 4.78 is 0. The summed E-state index contributed by atoms with van der Waals surface area (Å²) in [6, 6.07) is 4.76. The highest BCUT2D eigenvalue weighted by Crippen LogP contribution is 2.46. The lowest BCUT2D eigenvalue weighted by Gasteiger charge is -2.42. The molecule has 1 aromatic rings. The fourth-order valence-electron chi connectivity index (χ4n) is 3.58. The molecule has 0 spiro atoms. The molecule has 0 heterocycles. The lowest BCUT2D eigenvalue weighted by atomic mass is 9.62. The highest BCUT2D eigenvalue weighted by molar-refractivity contribution is 5.58. The van der Waals surface area contributed by atoms with Crippen molar-refractivity contribution < 1.29 is 4.79 Å². The molecule has 0 saturated heterocycles. The molecular weight excluding hydrogens is 256 g/mol. The number of fused-ring (bicyclic) bond motifs is 1. The number of aryl methyl sites for hydroxylation is 1. The van der Waals surface area contributed by atoms with Crippen LogP contribution in [0, 0.1) is 0 Å². The van der Waals surface area contributed by atoms with Crippen LogP contribution in [0.4, 0.5) is 0 Å². The molecule has 0 bridgehead atoms. The predicted molar refractivity (Wildman–Crippen MR) is 90.1 cm³/mol. The van der Waals surface area contributed by atoms with E-state index in [1.165, 1.54) is 47.9 Å². The molecule has 1 aliphatic rings. The van der Waals surface area contributed by atoms with E-state index in [0.717, 1.165) is 12.7 Å². The molecule has 1 nitrogen and oxygen atoms in total. The Morgan fingerprint density at radius 1 is 1.00 bits per heavy atom. The van der Waals surface area contributed by atoms with E-state index in [9.17, 15) is 4.79 Å². The van der Waals surface area contributed by atoms with Crippen molar-refractivity contribution in [3.8, 4) is 0 Å². The van der Waals surface area contributed by atoms with Crippen LogP contribution in [0.25, 0.3) is 0 Å². The third-order valence-corrected chi connectivity index (χ3v) is 5.28. The van der Waals surface area contributed by atoms with Gasteiger partial charge >= 0.3 is 0 Å². The van der Waals surface area contributed by atoms with Crippen molar-refractivity contribution in [1.29, 1.82) is 0 Å². The molecule has 0 saturated carbocycles. The van der Waals surface area contributed by atoms with E-state index in [4.69, 9.17) is 0 Å². The molecule has 0 N–H and O–H groups in total. The summed E-state index contributed by atoms with van der Waals surface area (Å²) in [5.41, 5.74) is 6.11. The number of rotatable bonds is 5. The van der Waals surface area contributed by atoms with Crippen LogP contribution in [-0.2, 0) is 28.5 Å². The number of hydrogen-bond donors (Lipinski definition) is 0. The molecule has 0 amide bonds. The van der Waals surface area contributed by atoms with Gasteiger partial charge in [-0.05, 0) is 58.8 Å². The Balaban J connectivity index is 2.57. The van der Waals surface area contributed by atoms with Crippen molar-refractivity contribution in [3.63, 3.8) is 0 Å². The Kier molecular flexibility index (Phi) is 4.60. The number of benzene rings is 1. The highest BCUT2D eigenvalue weighted by Gasteiger charge is 2.37. The van der Waals surface area contributed by atoms with Crippen LogP contribution >= 0.6 is 0 Å². The molecule has 116 valence electrons. The molecule has 1 aromatic carbocycles. The van der Waals surface area contributed by atoms with E-state index in [2.05, 4.69) is 46.8 Å². The van der Waals surface area contributed by atoms with Crippen molar-refractivity contribution in [2.75, 3.05) is 0 Å². The second kappa shape index (κ2) is 5.94. The van der Waals surface area contributed by atoms with E-state index in [1.807, 2.05) is 0 Å². The minimum Gasteiger partial charge on any atom is -0.303 e. The van der Waals surface area contributed by atoms with Crippen molar-refractivity contribution >= 4 is 6.29 Å². The van der Waals surface area contributed by atoms with Crippen molar-refractivity contribution in [2.45, 2.75) is 84.0 Å². The Morgan fingerprint density at radius 2 is 1.52 bits per heavy atom. The topological polar surface area (TPSA) is 17.1 Å². The summed E-state index contributed by atoms with van der Waals surface area (Å²) in [4.78, 5) is 11.1. The van der Waals surface area contributed by atoms with E-state index >= 15 is 0 Å². The molecule has 1 aliphatic carbocycles. The molecule has 0 fully saturated rings. The fraction of sp³-hybridized carbons (Fsp3) is 0.650. The standard InChI is InChI=1S/C20H30O/c1-6-7-8-15-13-17-18(14-16(15)9-12-21)20(4,5)11-10-19(17,2)3/h12-14H,6-11H2,1-5H3. The highest BCUT2D eigenvalue weighted by atomic mass is 16.1. The first kappa shape index (κ1) is 16.3. The van der Waals surface area contributed by atoms with Crippen LogP contribution in [0.1, 0.15) is 82.6 Å². The molecule has 0 aromatic heterocycles. The number of hydrogen-bond acceptors (Lipinski definition) is 1. The summed E-state index contributed by atoms with van der Waals surface area (Å²) >= 11 is 0. The Bertz CT molecular complexity index is 523. The third-order valence-electron chi connectivity index (χ3n) is 5.28. The van der Waals surface area contributed by atoms with E-state index in [-0.39, 0.29) is 10.8 Å². The van der Waals surface area contributed by atoms with Gasteiger partial charge in [-0.1, -0.05) is 53.2 Å². The van der Waals surface area contributed by atoms with Gasteiger partial charge < -0.3 is 4.79 Å². The number of carbonyl (C=O) groups is 1. The second-order valence-electron chi connectivity index (χ2n) is 7.91. The molecule has 0 atom stereocenters. The zero-order valence-electron chi connectivity index (χ0n) is 14.4. The maximum absolute atomic E-state index is 11.1. The van der Waals surface area contributed by atoms with Gasteiger partial charge in [0.2, 0.25) is 0 Å². The number of unbranched alkanes of at least 4 members (excludes halogenated alkanes) is 1. The molecule has 2 rings (SSSR count). The third kappa shape index (κ3) is 3.22. The lowest BCUT2D eigenvalue weighted by molar-refractivity contribution is -0.107. The van der Waals surface area contributed by atoms with Crippen molar-refractivity contribution in [1.82, 2.24) is 0 Å². The van der Waals surface area contributed by atoms with Gasteiger partial charge in [0.1, 0.15) is 6.29 Å². The summed E-state index contributed by atoms with van der Waals surface area (Å²) in [6.45, 7) is 11.6. The zero-order chi connectivity index (χ0) is 15.7. The largest absolute Gasteiger partial charge is 0.303 e. The van der Waals surface area contributed by atoms with E-state index in [1.54, 1.807) is 0 Å². The maximum Gasteiger partial charge on any atom is 0.124 e. The van der Waals surface area contributed by atoms with Gasteiger partial charge in [-0.25, -0.2) is 0 Å². The molecule has 0 radical (unpaired) electrons. The SMILES string of the molecule is CCCCc1cc2c(cc1CC=O)C(C)(C)CCC2(C)C. The molecule has 21 heavy (non-hydrogen) atoms. The Morgan fingerprint density at radius 3 is 2.00 bits per heavy atom. The van der Waals surface area contributed by atoms with Crippen molar-refractivity contribution in [3.05, 3.63) is 34.4 Å². The van der Waals surface area contributed by atoms with Crippen LogP contribution in [-0.4, -0.2) is 6.29 Å². The van der Waals surface area contributed by atoms with Gasteiger partial charge in [0.25, 0.3) is 0 Å². The smallest absolute Gasteiger partial charge is 0.124 e. The molecule has 0 unspecified atom stereocenters. The summed E-state index contributed by atoms with van der Waals surface area (Å²) in [6.07, 6.45) is 7.58. The van der Waals surface area contributed by atoms with Gasteiger partial charge in [-0.3, -0.25) is 0 Å². The first-order valence-corrected chi connectivity index (χ1v) is 8.42. The second-order valence-corrected chi connectivity index (χ2v) is 7.91. The van der Waals surface area contributed by atoms with Gasteiger partial charge in [-0.15, -0.1) is 0 Å². The van der Waals surface area contributed by atoms with Crippen LogP contribution in [0.5, 0.6) is 0 Å². The van der Waals surface area contributed by atoms with Gasteiger partial charge in [0.15, 0.2) is 0 Å². The quantitative estimate of drug-likeness (QED) is 0.687. The molecule has 0 aliphatic heterocycles. The van der Waals surface area contributed by atoms with Gasteiger partial charge in [0, 0.05) is 6.42 Å². The van der Waals surface area contributed by atoms with Crippen LogP contribution in [0.2, 0.25) is 0 Å². The van der Waals surface area contributed by atoms with E-state index in [0.29, 0.717) is 6.42 Å². The summed E-state index contributed by atoms with van der Waals surface area (Å²) in [7, 11) is 0. The Labute approximate surface area is 130 Å². The van der Waals surface area contributed by atoms with E-state index < -0.39 is 0 Å². The van der Waals surface area contributed by atoms with Crippen molar-refractivity contribution in [2.24, 2.45) is 0 Å². The number of aldehydes is 1. The Hall–Kier alpha value is -1.11. The average molecular weight is 286 g/mol. The first-order chi connectivity index (χ1) is 9.81. The van der Waals surface area contributed by atoms with Gasteiger partial charge in [-0.2, -0.15) is 0 Å². The summed E-state index contributed by atoms with van der Waals surface area (Å²) in [5, 5.41) is 0.